The highest BCUT2D eigenvalue weighted by molar-refractivity contribution is 5.57. The maximum absolute atomic E-state index is 5.88. The number of rotatable bonds is 4. The van der Waals surface area contributed by atoms with Crippen LogP contribution in [0.15, 0.2) is 36.7 Å². The zero-order valence-electron chi connectivity index (χ0n) is 10.1. The molecule has 0 fully saturated rings. The third-order valence-corrected chi connectivity index (χ3v) is 2.33. The van der Waals surface area contributed by atoms with E-state index in [-0.39, 0.29) is 0 Å². The molecule has 1 heterocycles. The normalized spacial score (nSPS) is 10.8. The average Bonchev–Trinajstić information content (AvgIpc) is 2.75. The maximum Gasteiger partial charge on any atom is 0.157 e. The van der Waals surface area contributed by atoms with E-state index in [1.54, 1.807) is 10.9 Å². The van der Waals surface area contributed by atoms with E-state index in [1.165, 1.54) is 0 Å². The van der Waals surface area contributed by atoms with Gasteiger partial charge in [-0.3, -0.25) is 0 Å². The van der Waals surface area contributed by atoms with Crippen molar-refractivity contribution in [1.29, 1.82) is 0 Å². The summed E-state index contributed by atoms with van der Waals surface area (Å²) in [6.45, 7) is 4.91. The highest BCUT2D eigenvalue weighted by Crippen LogP contribution is 2.18. The monoisotopic (exact) mass is 231 g/mol. The zero-order chi connectivity index (χ0) is 12.3. The van der Waals surface area contributed by atoms with E-state index in [0.717, 1.165) is 11.4 Å². The third-order valence-electron chi connectivity index (χ3n) is 2.33. The molecule has 0 bridgehead atoms. The molecule has 4 heteroatoms. The van der Waals surface area contributed by atoms with Crippen molar-refractivity contribution in [2.75, 3.05) is 12.3 Å². The molecule has 0 atom stereocenters. The number of nitrogens with two attached hydrogens (primary N) is 1. The molecule has 0 amide bonds. The van der Waals surface area contributed by atoms with Gasteiger partial charge in [-0.1, -0.05) is 26.0 Å². The molecule has 90 valence electrons. The first kappa shape index (κ1) is 11.5. The quantitative estimate of drug-likeness (QED) is 0.822. The molecule has 2 N–H and O–H groups in total. The van der Waals surface area contributed by atoms with Crippen LogP contribution >= 0.6 is 0 Å². The number of hydrogen-bond donors (Lipinski definition) is 1. The molecule has 0 aliphatic rings. The number of anilines is 1. The molecule has 4 nitrogen and oxygen atoms in total. The Kier molecular flexibility index (Phi) is 3.32. The first-order valence-electron chi connectivity index (χ1n) is 5.69. The van der Waals surface area contributed by atoms with Gasteiger partial charge in [0.25, 0.3) is 0 Å². The molecule has 2 rings (SSSR count). The second kappa shape index (κ2) is 4.91. The third kappa shape index (κ3) is 2.78. The first-order chi connectivity index (χ1) is 8.16. The van der Waals surface area contributed by atoms with E-state index < -0.39 is 0 Å². The number of hydrogen-bond acceptors (Lipinski definition) is 3. The van der Waals surface area contributed by atoms with Crippen LogP contribution in [0.2, 0.25) is 0 Å². The molecule has 1 aromatic carbocycles. The number of nitrogens with zero attached hydrogens (tertiary/aromatic N) is 2. The molecule has 0 radical (unpaired) electrons. The number of benzene rings is 1. The predicted molar refractivity (Wildman–Crippen MR) is 68.3 cm³/mol. The highest BCUT2D eigenvalue weighted by Gasteiger charge is 2.04. The van der Waals surface area contributed by atoms with Gasteiger partial charge in [-0.2, -0.15) is 5.10 Å². The molecular weight excluding hydrogens is 214 g/mol. The van der Waals surface area contributed by atoms with Crippen molar-refractivity contribution in [3.63, 3.8) is 0 Å². The van der Waals surface area contributed by atoms with Crippen molar-refractivity contribution >= 4 is 5.69 Å². The molecule has 0 unspecified atom stereocenters. The molecule has 1 aromatic heterocycles. The summed E-state index contributed by atoms with van der Waals surface area (Å²) in [5.41, 5.74) is 7.45. The Morgan fingerprint density at radius 2 is 2.12 bits per heavy atom. The Morgan fingerprint density at radius 3 is 2.82 bits per heavy atom. The van der Waals surface area contributed by atoms with Gasteiger partial charge in [0.05, 0.1) is 30.4 Å². The van der Waals surface area contributed by atoms with Crippen LogP contribution in [-0.2, 0) is 0 Å². The summed E-state index contributed by atoms with van der Waals surface area (Å²) in [5.74, 6) is 1.27. The van der Waals surface area contributed by atoms with Crippen LogP contribution < -0.4 is 10.5 Å². The molecule has 2 aromatic rings. The van der Waals surface area contributed by atoms with Crippen LogP contribution in [0.25, 0.3) is 5.69 Å². The van der Waals surface area contributed by atoms with Crippen molar-refractivity contribution in [3.05, 3.63) is 36.7 Å². The Bertz CT molecular complexity index is 491. The van der Waals surface area contributed by atoms with Crippen LogP contribution in [0, 0.1) is 5.92 Å². The second-order valence-corrected chi connectivity index (χ2v) is 4.38. The molecule has 0 spiro atoms. The lowest BCUT2D eigenvalue weighted by molar-refractivity contribution is 0.271. The average molecular weight is 231 g/mol. The Balaban J connectivity index is 2.16. The van der Waals surface area contributed by atoms with Crippen LogP contribution in [0.3, 0.4) is 0 Å². The Hall–Kier alpha value is -1.97. The van der Waals surface area contributed by atoms with Gasteiger partial charge >= 0.3 is 0 Å². The van der Waals surface area contributed by atoms with Crippen molar-refractivity contribution in [2.45, 2.75) is 13.8 Å². The van der Waals surface area contributed by atoms with Crippen LogP contribution in [0.5, 0.6) is 5.75 Å². The summed E-state index contributed by atoms with van der Waals surface area (Å²) in [6, 6.07) is 7.61. The van der Waals surface area contributed by atoms with E-state index in [2.05, 4.69) is 18.9 Å². The summed E-state index contributed by atoms with van der Waals surface area (Å²) in [7, 11) is 0. The number of aromatic nitrogens is 2. The lowest BCUT2D eigenvalue weighted by Gasteiger charge is -2.06. The molecular formula is C13H17N3O. The standard InChI is InChI=1S/C13H17N3O/c1-10(2)9-17-11-7-15-16(8-11)13-6-4-3-5-12(13)14/h3-8,10H,9,14H2,1-2H3. The minimum absolute atomic E-state index is 0.500. The minimum Gasteiger partial charge on any atom is -0.490 e. The molecule has 17 heavy (non-hydrogen) atoms. The van der Waals surface area contributed by atoms with Gasteiger partial charge in [0.2, 0.25) is 0 Å². The van der Waals surface area contributed by atoms with E-state index in [4.69, 9.17) is 10.5 Å². The number of nitrogen functional groups attached to an aromatic ring is 1. The van der Waals surface area contributed by atoms with Gasteiger partial charge in [0.15, 0.2) is 5.75 Å². The molecule has 0 aliphatic carbocycles. The van der Waals surface area contributed by atoms with E-state index in [0.29, 0.717) is 18.2 Å². The summed E-state index contributed by atoms with van der Waals surface area (Å²) in [5, 5.41) is 4.24. The Labute approximate surface area is 101 Å². The van der Waals surface area contributed by atoms with Crippen LogP contribution in [0.1, 0.15) is 13.8 Å². The van der Waals surface area contributed by atoms with Crippen LogP contribution in [0.4, 0.5) is 5.69 Å². The number of ether oxygens (including phenoxy) is 1. The van der Waals surface area contributed by atoms with Crippen molar-refractivity contribution in [2.24, 2.45) is 5.92 Å². The predicted octanol–water partition coefficient (Wildman–Crippen LogP) is 2.49. The van der Waals surface area contributed by atoms with Gasteiger partial charge in [-0.25, -0.2) is 4.68 Å². The van der Waals surface area contributed by atoms with E-state index in [9.17, 15) is 0 Å². The zero-order valence-corrected chi connectivity index (χ0v) is 10.1. The molecule has 0 aliphatic heterocycles. The SMILES string of the molecule is CC(C)COc1cnn(-c2ccccc2N)c1. The summed E-state index contributed by atoms with van der Waals surface area (Å²) in [4.78, 5) is 0. The van der Waals surface area contributed by atoms with Crippen molar-refractivity contribution in [3.8, 4) is 11.4 Å². The number of para-hydroxylation sites is 2. The highest BCUT2D eigenvalue weighted by atomic mass is 16.5. The summed E-state index contributed by atoms with van der Waals surface area (Å²) >= 11 is 0. The summed E-state index contributed by atoms with van der Waals surface area (Å²) in [6.07, 6.45) is 3.54. The maximum atomic E-state index is 5.88. The largest absolute Gasteiger partial charge is 0.490 e. The topological polar surface area (TPSA) is 53.1 Å². The van der Waals surface area contributed by atoms with Gasteiger partial charge < -0.3 is 10.5 Å². The van der Waals surface area contributed by atoms with E-state index >= 15 is 0 Å². The fraction of sp³-hybridized carbons (Fsp3) is 0.308. The van der Waals surface area contributed by atoms with Crippen LogP contribution in [-0.4, -0.2) is 16.4 Å². The summed E-state index contributed by atoms with van der Waals surface area (Å²) < 4.78 is 7.31. The molecule has 0 saturated carbocycles. The smallest absolute Gasteiger partial charge is 0.157 e. The minimum atomic E-state index is 0.500. The van der Waals surface area contributed by atoms with Crippen molar-refractivity contribution in [1.82, 2.24) is 9.78 Å². The van der Waals surface area contributed by atoms with Gasteiger partial charge in [-0.05, 0) is 18.1 Å². The molecule has 0 saturated heterocycles. The first-order valence-corrected chi connectivity index (χ1v) is 5.69. The van der Waals surface area contributed by atoms with Crippen molar-refractivity contribution < 1.29 is 4.74 Å². The van der Waals surface area contributed by atoms with Gasteiger partial charge in [0, 0.05) is 0 Å². The second-order valence-electron chi connectivity index (χ2n) is 4.38. The van der Waals surface area contributed by atoms with Gasteiger partial charge in [0.1, 0.15) is 0 Å². The lowest BCUT2D eigenvalue weighted by Crippen LogP contribution is -2.03. The lowest BCUT2D eigenvalue weighted by atomic mass is 10.2. The van der Waals surface area contributed by atoms with E-state index in [1.807, 2.05) is 30.5 Å². The fourth-order valence-electron chi connectivity index (χ4n) is 1.47. The Morgan fingerprint density at radius 1 is 1.35 bits per heavy atom. The van der Waals surface area contributed by atoms with Gasteiger partial charge in [-0.15, -0.1) is 0 Å². The fourth-order valence-corrected chi connectivity index (χ4v) is 1.47.